The highest BCUT2D eigenvalue weighted by Gasteiger charge is 2.03. The van der Waals surface area contributed by atoms with Crippen LogP contribution in [0.15, 0.2) is 48.5 Å². The third-order valence-corrected chi connectivity index (χ3v) is 3.24. The Balaban J connectivity index is 1.95. The van der Waals surface area contributed by atoms with Crippen molar-refractivity contribution in [2.24, 2.45) is 5.73 Å². The van der Waals surface area contributed by atoms with Crippen molar-refractivity contribution in [2.45, 2.75) is 26.0 Å². The Bertz CT molecular complexity index is 582. The van der Waals surface area contributed by atoms with Crippen LogP contribution in [0.5, 0.6) is 5.75 Å². The maximum Gasteiger partial charge on any atom is 0.119 e. The van der Waals surface area contributed by atoms with Gasteiger partial charge in [0.2, 0.25) is 0 Å². The number of rotatable bonds is 5. The average Bonchev–Trinajstić information content (AvgIpc) is 2.53. The number of nitrogens with two attached hydrogens (primary N) is 1. The first-order valence-electron chi connectivity index (χ1n) is 6.70. The lowest BCUT2D eigenvalue weighted by Gasteiger charge is -2.11. The number of hydrogen-bond acceptors (Lipinski definition) is 3. The van der Waals surface area contributed by atoms with Gasteiger partial charge in [-0.1, -0.05) is 31.2 Å². The van der Waals surface area contributed by atoms with E-state index in [2.05, 4.69) is 13.0 Å². The highest BCUT2D eigenvalue weighted by atomic mass is 16.5. The summed E-state index contributed by atoms with van der Waals surface area (Å²) in [5.41, 5.74) is 8.79. The minimum atomic E-state index is 0.0857. The summed E-state index contributed by atoms with van der Waals surface area (Å²) < 4.78 is 5.71. The molecule has 20 heavy (non-hydrogen) atoms. The Morgan fingerprint density at radius 3 is 2.30 bits per heavy atom. The van der Waals surface area contributed by atoms with Crippen molar-refractivity contribution in [3.8, 4) is 11.8 Å². The summed E-state index contributed by atoms with van der Waals surface area (Å²) in [4.78, 5) is 0. The summed E-state index contributed by atoms with van der Waals surface area (Å²) in [5, 5.41) is 8.74. The predicted octanol–water partition coefficient (Wildman–Crippen LogP) is 3.55. The number of hydrogen-bond donors (Lipinski definition) is 1. The van der Waals surface area contributed by atoms with E-state index in [1.807, 2.05) is 36.4 Å². The van der Waals surface area contributed by atoms with Gasteiger partial charge in [0, 0.05) is 6.04 Å². The summed E-state index contributed by atoms with van der Waals surface area (Å²) in [6.07, 6.45) is 0.922. The molecule has 0 bridgehead atoms. The van der Waals surface area contributed by atoms with E-state index in [0.29, 0.717) is 12.2 Å². The molecule has 0 heterocycles. The first-order chi connectivity index (χ1) is 9.72. The molecule has 0 saturated heterocycles. The van der Waals surface area contributed by atoms with Gasteiger partial charge in [0.25, 0.3) is 0 Å². The van der Waals surface area contributed by atoms with Crippen molar-refractivity contribution in [1.29, 1.82) is 5.26 Å². The van der Waals surface area contributed by atoms with Gasteiger partial charge < -0.3 is 10.5 Å². The zero-order chi connectivity index (χ0) is 14.4. The molecule has 0 aliphatic heterocycles. The van der Waals surface area contributed by atoms with Gasteiger partial charge in [-0.05, 0) is 41.8 Å². The summed E-state index contributed by atoms with van der Waals surface area (Å²) in [6.45, 7) is 2.56. The number of nitriles is 1. The van der Waals surface area contributed by atoms with E-state index in [-0.39, 0.29) is 6.04 Å². The molecule has 0 aliphatic carbocycles. The van der Waals surface area contributed by atoms with Crippen molar-refractivity contribution in [1.82, 2.24) is 0 Å². The summed E-state index contributed by atoms with van der Waals surface area (Å²) in [7, 11) is 0. The van der Waals surface area contributed by atoms with E-state index in [1.165, 1.54) is 0 Å². The van der Waals surface area contributed by atoms with Crippen LogP contribution in [-0.4, -0.2) is 0 Å². The quantitative estimate of drug-likeness (QED) is 0.900. The van der Waals surface area contributed by atoms with Crippen LogP contribution < -0.4 is 10.5 Å². The average molecular weight is 266 g/mol. The van der Waals surface area contributed by atoms with E-state index in [9.17, 15) is 0 Å². The molecule has 1 unspecified atom stereocenters. The highest BCUT2D eigenvalue weighted by Crippen LogP contribution is 2.19. The number of nitrogens with zero attached hydrogens (tertiary/aromatic N) is 1. The van der Waals surface area contributed by atoms with Gasteiger partial charge in [-0.2, -0.15) is 5.26 Å². The van der Waals surface area contributed by atoms with Crippen LogP contribution in [0.4, 0.5) is 0 Å². The standard InChI is InChI=1S/C17H18N2O/c1-2-17(19)15-7-9-16(10-8-15)20-12-14-5-3-13(11-18)4-6-14/h3-10,17H,2,12,19H2,1H3. The summed E-state index contributed by atoms with van der Waals surface area (Å²) >= 11 is 0. The number of benzene rings is 2. The van der Waals surface area contributed by atoms with Crippen LogP contribution in [0.3, 0.4) is 0 Å². The fourth-order valence-electron chi connectivity index (χ4n) is 1.89. The molecule has 0 fully saturated rings. The van der Waals surface area contributed by atoms with E-state index >= 15 is 0 Å². The Kier molecular flexibility index (Phi) is 4.75. The van der Waals surface area contributed by atoms with Crippen LogP contribution in [-0.2, 0) is 6.61 Å². The van der Waals surface area contributed by atoms with Gasteiger partial charge >= 0.3 is 0 Å². The van der Waals surface area contributed by atoms with Crippen LogP contribution >= 0.6 is 0 Å². The Hall–Kier alpha value is -2.31. The molecule has 2 N–H and O–H groups in total. The molecule has 0 radical (unpaired) electrons. The second-order valence-corrected chi connectivity index (χ2v) is 4.68. The van der Waals surface area contributed by atoms with Gasteiger partial charge in [0.05, 0.1) is 11.6 Å². The minimum Gasteiger partial charge on any atom is -0.489 e. The van der Waals surface area contributed by atoms with E-state index in [0.717, 1.165) is 23.3 Å². The van der Waals surface area contributed by atoms with Gasteiger partial charge in [-0.25, -0.2) is 0 Å². The van der Waals surface area contributed by atoms with Gasteiger partial charge in [0.15, 0.2) is 0 Å². The van der Waals surface area contributed by atoms with Crippen molar-refractivity contribution < 1.29 is 4.74 Å². The van der Waals surface area contributed by atoms with Crippen molar-refractivity contribution in [3.63, 3.8) is 0 Å². The molecule has 0 aliphatic rings. The molecule has 2 rings (SSSR count). The monoisotopic (exact) mass is 266 g/mol. The Morgan fingerprint density at radius 2 is 1.75 bits per heavy atom. The van der Waals surface area contributed by atoms with E-state index < -0.39 is 0 Å². The largest absolute Gasteiger partial charge is 0.489 e. The maximum absolute atomic E-state index is 8.74. The molecule has 2 aromatic rings. The predicted molar refractivity (Wildman–Crippen MR) is 79.2 cm³/mol. The second kappa shape index (κ2) is 6.74. The lowest BCUT2D eigenvalue weighted by Crippen LogP contribution is -2.08. The SMILES string of the molecule is CCC(N)c1ccc(OCc2ccc(C#N)cc2)cc1. The van der Waals surface area contributed by atoms with Crippen LogP contribution in [0.2, 0.25) is 0 Å². The Morgan fingerprint density at radius 1 is 1.10 bits per heavy atom. The molecule has 0 saturated carbocycles. The topological polar surface area (TPSA) is 59.0 Å². The molecule has 1 atom stereocenters. The van der Waals surface area contributed by atoms with Gasteiger partial charge in [-0.3, -0.25) is 0 Å². The third-order valence-electron chi connectivity index (χ3n) is 3.24. The maximum atomic E-state index is 8.74. The van der Waals surface area contributed by atoms with Gasteiger partial charge in [0.1, 0.15) is 12.4 Å². The molecule has 102 valence electrons. The zero-order valence-electron chi connectivity index (χ0n) is 11.5. The van der Waals surface area contributed by atoms with Crippen LogP contribution in [0.25, 0.3) is 0 Å². The fourth-order valence-corrected chi connectivity index (χ4v) is 1.89. The normalized spacial score (nSPS) is 11.7. The molecule has 0 amide bonds. The first-order valence-corrected chi connectivity index (χ1v) is 6.70. The second-order valence-electron chi connectivity index (χ2n) is 4.68. The molecule has 3 heteroatoms. The van der Waals surface area contributed by atoms with Crippen LogP contribution in [0.1, 0.15) is 36.1 Å². The molecule has 2 aromatic carbocycles. The molecular weight excluding hydrogens is 248 g/mol. The van der Waals surface area contributed by atoms with E-state index in [4.69, 9.17) is 15.7 Å². The lowest BCUT2D eigenvalue weighted by atomic mass is 10.1. The Labute approximate surface area is 119 Å². The highest BCUT2D eigenvalue weighted by molar-refractivity contribution is 5.32. The molecule has 0 aromatic heterocycles. The summed E-state index contributed by atoms with van der Waals surface area (Å²) in [5.74, 6) is 0.821. The lowest BCUT2D eigenvalue weighted by molar-refractivity contribution is 0.306. The molecular formula is C17H18N2O. The van der Waals surface area contributed by atoms with Crippen molar-refractivity contribution in [3.05, 3.63) is 65.2 Å². The molecule has 3 nitrogen and oxygen atoms in total. The van der Waals surface area contributed by atoms with E-state index in [1.54, 1.807) is 12.1 Å². The first kappa shape index (κ1) is 14.1. The summed E-state index contributed by atoms with van der Waals surface area (Å²) in [6, 6.07) is 17.5. The van der Waals surface area contributed by atoms with Crippen molar-refractivity contribution >= 4 is 0 Å². The van der Waals surface area contributed by atoms with Gasteiger partial charge in [-0.15, -0.1) is 0 Å². The molecule has 0 spiro atoms. The van der Waals surface area contributed by atoms with Crippen LogP contribution in [0, 0.1) is 11.3 Å². The minimum absolute atomic E-state index is 0.0857. The zero-order valence-corrected chi connectivity index (χ0v) is 11.5. The third kappa shape index (κ3) is 3.59. The fraction of sp³-hybridized carbons (Fsp3) is 0.235. The smallest absolute Gasteiger partial charge is 0.119 e. The van der Waals surface area contributed by atoms with Crippen molar-refractivity contribution in [2.75, 3.05) is 0 Å². The number of ether oxygens (including phenoxy) is 1.